The number of ether oxygens (including phenoxy) is 1. The average molecular weight is 250 g/mol. The van der Waals surface area contributed by atoms with Gasteiger partial charge in [-0.05, 0) is 6.92 Å². The number of fused-ring (bicyclic) bond motifs is 1. The number of aliphatic hydroxyl groups is 2. The fraction of sp³-hybridized carbons (Fsp3) is 0.889. The minimum absolute atomic E-state index is 0.448. The standard InChI is InChI=1S/C9H15FN2O3S/c1-3(13)7-6(14)4(10)5-8(15-7)16-9(11-2)12-5/h3-8,13-14H,1-2H3,(H,11,12)/t3?,4-,5-,6+,7-,8-/m1/s1. The first-order valence-electron chi connectivity index (χ1n) is 5.10. The second-order valence-corrected chi connectivity index (χ2v) is 5.05. The Kier molecular flexibility index (Phi) is 3.39. The van der Waals surface area contributed by atoms with Gasteiger partial charge in [-0.2, -0.15) is 0 Å². The Morgan fingerprint density at radius 1 is 1.62 bits per heavy atom. The highest BCUT2D eigenvalue weighted by atomic mass is 32.2. The molecule has 0 saturated carbocycles. The number of amidine groups is 1. The number of alkyl halides is 1. The van der Waals surface area contributed by atoms with Crippen LogP contribution in [-0.4, -0.2) is 58.4 Å². The second-order valence-electron chi connectivity index (χ2n) is 3.96. The van der Waals surface area contributed by atoms with E-state index in [0.717, 1.165) is 0 Å². The highest BCUT2D eigenvalue weighted by Crippen LogP contribution is 2.35. The van der Waals surface area contributed by atoms with E-state index in [-0.39, 0.29) is 0 Å². The van der Waals surface area contributed by atoms with Gasteiger partial charge in [-0.25, -0.2) is 4.39 Å². The van der Waals surface area contributed by atoms with E-state index in [0.29, 0.717) is 5.17 Å². The van der Waals surface area contributed by atoms with Gasteiger partial charge in [0.05, 0.1) is 12.1 Å². The molecule has 0 aliphatic carbocycles. The van der Waals surface area contributed by atoms with Gasteiger partial charge in [0.25, 0.3) is 0 Å². The van der Waals surface area contributed by atoms with Gasteiger partial charge in [-0.15, -0.1) is 0 Å². The quantitative estimate of drug-likeness (QED) is 0.584. The van der Waals surface area contributed by atoms with Gasteiger partial charge in [-0.1, -0.05) is 11.8 Å². The third-order valence-corrected chi connectivity index (χ3v) is 3.95. The van der Waals surface area contributed by atoms with Crippen LogP contribution in [0.5, 0.6) is 0 Å². The molecule has 2 fully saturated rings. The van der Waals surface area contributed by atoms with E-state index in [9.17, 15) is 14.6 Å². The summed E-state index contributed by atoms with van der Waals surface area (Å²) in [6.45, 7) is 1.48. The summed E-state index contributed by atoms with van der Waals surface area (Å²) in [6.07, 6.45) is -4.57. The Hall–Kier alpha value is -0.370. The number of hydrogen-bond donors (Lipinski definition) is 3. The molecule has 5 nitrogen and oxygen atoms in total. The Bertz CT molecular complexity index is 302. The van der Waals surface area contributed by atoms with E-state index >= 15 is 0 Å². The molecule has 2 saturated heterocycles. The summed E-state index contributed by atoms with van der Waals surface area (Å²) >= 11 is 1.28. The van der Waals surface area contributed by atoms with Crippen LogP contribution in [0.25, 0.3) is 0 Å². The monoisotopic (exact) mass is 250 g/mol. The SMILES string of the molecule is CN=C1N[C@@H]2[C@@H](F)[C@H](O)[C@@H](C(C)O)O[C@@H]2S1. The zero-order chi connectivity index (χ0) is 11.9. The maximum absolute atomic E-state index is 13.9. The number of nitrogens with one attached hydrogen (secondary N) is 1. The molecule has 7 heteroatoms. The number of thioether (sulfide) groups is 1. The highest BCUT2D eigenvalue weighted by molar-refractivity contribution is 8.14. The number of nitrogens with zero attached hydrogens (tertiary/aromatic N) is 1. The summed E-state index contributed by atoms with van der Waals surface area (Å²) in [5.74, 6) is 0. The van der Waals surface area contributed by atoms with Crippen molar-refractivity contribution in [3.63, 3.8) is 0 Å². The van der Waals surface area contributed by atoms with Gasteiger partial charge in [-0.3, -0.25) is 4.99 Å². The van der Waals surface area contributed by atoms with Crippen LogP contribution in [0.1, 0.15) is 6.92 Å². The molecule has 92 valence electrons. The van der Waals surface area contributed by atoms with E-state index in [2.05, 4.69) is 10.3 Å². The molecule has 0 amide bonds. The van der Waals surface area contributed by atoms with Crippen LogP contribution < -0.4 is 5.32 Å². The predicted octanol–water partition coefficient (Wildman–Crippen LogP) is -0.518. The van der Waals surface area contributed by atoms with Crippen molar-refractivity contribution in [1.82, 2.24) is 5.32 Å². The minimum Gasteiger partial charge on any atom is -0.391 e. The summed E-state index contributed by atoms with van der Waals surface area (Å²) < 4.78 is 19.3. The van der Waals surface area contributed by atoms with Crippen molar-refractivity contribution in [2.45, 2.75) is 42.9 Å². The second kappa shape index (κ2) is 4.48. The molecular weight excluding hydrogens is 235 g/mol. The van der Waals surface area contributed by atoms with Crippen molar-refractivity contribution >= 4 is 16.9 Å². The van der Waals surface area contributed by atoms with Crippen molar-refractivity contribution in [2.75, 3.05) is 7.05 Å². The van der Waals surface area contributed by atoms with E-state index in [1.165, 1.54) is 18.7 Å². The number of rotatable bonds is 1. The Balaban J connectivity index is 2.15. The molecule has 2 heterocycles. The largest absolute Gasteiger partial charge is 0.391 e. The summed E-state index contributed by atoms with van der Waals surface area (Å²) in [5, 5.41) is 22.5. The summed E-state index contributed by atoms with van der Waals surface area (Å²) in [5.41, 5.74) is -0.448. The topological polar surface area (TPSA) is 74.1 Å². The molecule has 3 N–H and O–H groups in total. The summed E-state index contributed by atoms with van der Waals surface area (Å²) in [6, 6.07) is -0.603. The first-order chi connectivity index (χ1) is 7.54. The van der Waals surface area contributed by atoms with Crippen molar-refractivity contribution in [3.8, 4) is 0 Å². The van der Waals surface area contributed by atoms with Crippen LogP contribution in [0.15, 0.2) is 4.99 Å². The first-order valence-corrected chi connectivity index (χ1v) is 5.98. The molecule has 0 radical (unpaired) electrons. The fourth-order valence-corrected chi connectivity index (χ4v) is 2.99. The molecule has 6 atom stereocenters. The number of aliphatic hydroxyl groups excluding tert-OH is 2. The van der Waals surface area contributed by atoms with Crippen molar-refractivity contribution in [2.24, 2.45) is 4.99 Å². The number of halogens is 1. The van der Waals surface area contributed by atoms with Crippen molar-refractivity contribution < 1.29 is 19.3 Å². The van der Waals surface area contributed by atoms with E-state index in [4.69, 9.17) is 4.74 Å². The smallest absolute Gasteiger partial charge is 0.159 e. The lowest BCUT2D eigenvalue weighted by Gasteiger charge is -2.38. The maximum Gasteiger partial charge on any atom is 0.159 e. The van der Waals surface area contributed by atoms with Crippen LogP contribution >= 0.6 is 11.8 Å². The first kappa shape index (κ1) is 12.1. The van der Waals surface area contributed by atoms with E-state index < -0.39 is 36.0 Å². The molecule has 16 heavy (non-hydrogen) atoms. The molecule has 2 aliphatic rings. The third kappa shape index (κ3) is 1.92. The fourth-order valence-electron chi connectivity index (χ4n) is 1.92. The number of aliphatic imine (C=N–C) groups is 1. The molecule has 1 unspecified atom stereocenters. The van der Waals surface area contributed by atoms with Gasteiger partial charge >= 0.3 is 0 Å². The van der Waals surface area contributed by atoms with Gasteiger partial charge in [0.1, 0.15) is 17.6 Å². The van der Waals surface area contributed by atoms with Crippen LogP contribution in [0.2, 0.25) is 0 Å². The Labute approximate surface area is 97.1 Å². The van der Waals surface area contributed by atoms with Gasteiger partial charge < -0.3 is 20.3 Å². The zero-order valence-electron chi connectivity index (χ0n) is 9.00. The summed E-state index contributed by atoms with van der Waals surface area (Å²) in [4.78, 5) is 3.92. The van der Waals surface area contributed by atoms with Crippen molar-refractivity contribution in [1.29, 1.82) is 0 Å². The molecule has 2 aliphatic heterocycles. The lowest BCUT2D eigenvalue weighted by molar-refractivity contribution is -0.167. The van der Waals surface area contributed by atoms with Crippen molar-refractivity contribution in [3.05, 3.63) is 0 Å². The van der Waals surface area contributed by atoms with Crippen LogP contribution in [-0.2, 0) is 4.74 Å². The van der Waals surface area contributed by atoms with E-state index in [1.54, 1.807) is 7.05 Å². The molecule has 0 spiro atoms. The molecular formula is C9H15FN2O3S. The van der Waals surface area contributed by atoms with Crippen LogP contribution in [0.4, 0.5) is 4.39 Å². The Morgan fingerprint density at radius 3 is 2.88 bits per heavy atom. The predicted molar refractivity (Wildman–Crippen MR) is 59.1 cm³/mol. The van der Waals surface area contributed by atoms with Gasteiger partial charge in [0, 0.05) is 7.05 Å². The van der Waals surface area contributed by atoms with Crippen LogP contribution in [0.3, 0.4) is 0 Å². The van der Waals surface area contributed by atoms with Crippen LogP contribution in [0, 0.1) is 0 Å². The normalized spacial score (nSPS) is 47.6. The molecule has 0 aromatic carbocycles. The average Bonchev–Trinajstić information content (AvgIpc) is 2.66. The lowest BCUT2D eigenvalue weighted by atomic mass is 9.96. The minimum atomic E-state index is -1.47. The molecule has 0 aromatic heterocycles. The zero-order valence-corrected chi connectivity index (χ0v) is 9.82. The summed E-state index contributed by atoms with van der Waals surface area (Å²) in [7, 11) is 1.60. The van der Waals surface area contributed by atoms with Gasteiger partial charge in [0.15, 0.2) is 11.3 Å². The maximum atomic E-state index is 13.9. The molecule has 2 rings (SSSR count). The van der Waals surface area contributed by atoms with E-state index in [1.807, 2.05) is 0 Å². The third-order valence-electron chi connectivity index (χ3n) is 2.79. The highest BCUT2D eigenvalue weighted by Gasteiger charge is 2.51. The lowest BCUT2D eigenvalue weighted by Crippen LogP contribution is -2.59. The molecule has 0 bridgehead atoms. The Morgan fingerprint density at radius 2 is 2.31 bits per heavy atom. The van der Waals surface area contributed by atoms with Gasteiger partial charge in [0.2, 0.25) is 0 Å². The molecule has 0 aromatic rings. The number of hydrogen-bond acceptors (Lipinski definition) is 5.